The van der Waals surface area contributed by atoms with Crippen LogP contribution in [0.4, 0.5) is 0 Å². The van der Waals surface area contributed by atoms with E-state index < -0.39 is 0 Å². The van der Waals surface area contributed by atoms with E-state index in [1.807, 2.05) is 18.2 Å². The molecular weight excluding hydrogens is 308 g/mol. The number of pyridine rings is 2. The van der Waals surface area contributed by atoms with Crippen LogP contribution in [0.3, 0.4) is 0 Å². The number of rotatable bonds is 2. The number of nitrogens with zero attached hydrogens (tertiary/aromatic N) is 2. The summed E-state index contributed by atoms with van der Waals surface area (Å²) in [7, 11) is 0. The molecule has 0 aliphatic rings. The first kappa shape index (κ1) is 11.9. The van der Waals surface area contributed by atoms with Gasteiger partial charge in [0.25, 0.3) is 0 Å². The zero-order valence-corrected chi connectivity index (χ0v) is 11.2. The summed E-state index contributed by atoms with van der Waals surface area (Å²) >= 11 is 3.47. The summed E-state index contributed by atoms with van der Waals surface area (Å²) in [6.07, 6.45) is 1.38. The van der Waals surface area contributed by atoms with E-state index in [1.54, 1.807) is 12.1 Å². The van der Waals surface area contributed by atoms with Crippen molar-refractivity contribution >= 4 is 50.3 Å². The normalized spacial score (nSPS) is 10.8. The van der Waals surface area contributed by atoms with Crippen LogP contribution >= 0.6 is 15.9 Å². The summed E-state index contributed by atoms with van der Waals surface area (Å²) in [5.74, 6) is 0. The minimum absolute atomic E-state index is 0.338. The molecule has 19 heavy (non-hydrogen) atoms. The first-order chi connectivity index (χ1) is 9.22. The van der Waals surface area contributed by atoms with Gasteiger partial charge < -0.3 is 0 Å². The number of aldehydes is 2. The Morgan fingerprint density at radius 3 is 2.21 bits per heavy atom. The Morgan fingerprint density at radius 2 is 1.53 bits per heavy atom. The molecule has 0 saturated heterocycles. The van der Waals surface area contributed by atoms with Crippen molar-refractivity contribution in [3.8, 4) is 0 Å². The van der Waals surface area contributed by atoms with E-state index in [2.05, 4.69) is 25.9 Å². The average Bonchev–Trinajstić information content (AvgIpc) is 2.46. The molecule has 1 aromatic carbocycles. The number of fused-ring (bicyclic) bond motifs is 3. The SMILES string of the molecule is O=Cc1ccc2cc(Br)c3ccc(C=O)nc3c2n1. The minimum atomic E-state index is 0.338. The van der Waals surface area contributed by atoms with Gasteiger partial charge in [-0.05, 0) is 24.3 Å². The minimum Gasteiger partial charge on any atom is -0.296 e. The van der Waals surface area contributed by atoms with Crippen LogP contribution in [0.25, 0.3) is 21.8 Å². The van der Waals surface area contributed by atoms with Gasteiger partial charge in [-0.3, -0.25) is 9.59 Å². The molecule has 3 rings (SSSR count). The Labute approximate surface area is 116 Å². The van der Waals surface area contributed by atoms with Gasteiger partial charge in [0.05, 0.1) is 11.0 Å². The third-order valence-electron chi connectivity index (χ3n) is 2.87. The fourth-order valence-electron chi connectivity index (χ4n) is 1.98. The second-order valence-corrected chi connectivity index (χ2v) is 4.89. The summed E-state index contributed by atoms with van der Waals surface area (Å²) in [6, 6.07) is 8.84. The predicted molar refractivity (Wildman–Crippen MR) is 75.5 cm³/mol. The Kier molecular flexibility index (Phi) is 2.83. The van der Waals surface area contributed by atoms with E-state index >= 15 is 0 Å². The molecule has 0 spiro atoms. The summed E-state index contributed by atoms with van der Waals surface area (Å²) in [5, 5.41) is 1.72. The second kappa shape index (κ2) is 4.51. The fraction of sp³-hybridized carbons (Fsp3) is 0. The van der Waals surface area contributed by atoms with Crippen molar-refractivity contribution in [2.45, 2.75) is 0 Å². The summed E-state index contributed by atoms with van der Waals surface area (Å²) in [4.78, 5) is 30.2. The third kappa shape index (κ3) is 1.92. The lowest BCUT2D eigenvalue weighted by molar-refractivity contribution is 0.111. The summed E-state index contributed by atoms with van der Waals surface area (Å²) < 4.78 is 0.876. The van der Waals surface area contributed by atoms with Gasteiger partial charge >= 0.3 is 0 Å². The number of halogens is 1. The van der Waals surface area contributed by atoms with Gasteiger partial charge in [-0.15, -0.1) is 0 Å². The lowest BCUT2D eigenvalue weighted by atomic mass is 10.1. The predicted octanol–water partition coefficient (Wildman–Crippen LogP) is 3.17. The van der Waals surface area contributed by atoms with Gasteiger partial charge in [-0.1, -0.05) is 22.0 Å². The Balaban J connectivity index is 2.52. The summed E-state index contributed by atoms with van der Waals surface area (Å²) in [6.45, 7) is 0. The average molecular weight is 315 g/mol. The number of benzene rings is 1. The number of hydrogen-bond acceptors (Lipinski definition) is 4. The molecule has 0 aliphatic heterocycles. The van der Waals surface area contributed by atoms with Crippen LogP contribution in [0.5, 0.6) is 0 Å². The molecule has 0 aliphatic carbocycles. The molecule has 0 atom stereocenters. The Morgan fingerprint density at radius 1 is 0.895 bits per heavy atom. The van der Waals surface area contributed by atoms with Crippen molar-refractivity contribution in [2.24, 2.45) is 0 Å². The van der Waals surface area contributed by atoms with Crippen LogP contribution in [0.15, 0.2) is 34.8 Å². The third-order valence-corrected chi connectivity index (χ3v) is 3.53. The molecule has 0 bridgehead atoms. The standard InChI is InChI=1S/C14H7BrN2O2/c15-12-5-8-1-2-9(6-18)16-13(8)14-11(12)4-3-10(7-19)17-14/h1-7H. The van der Waals surface area contributed by atoms with Gasteiger partial charge in [0, 0.05) is 15.2 Å². The van der Waals surface area contributed by atoms with Crippen molar-refractivity contribution in [1.29, 1.82) is 0 Å². The molecule has 0 N–H and O–H groups in total. The van der Waals surface area contributed by atoms with E-state index in [1.165, 1.54) is 0 Å². The van der Waals surface area contributed by atoms with Crippen molar-refractivity contribution < 1.29 is 9.59 Å². The van der Waals surface area contributed by atoms with Crippen LogP contribution < -0.4 is 0 Å². The van der Waals surface area contributed by atoms with Crippen molar-refractivity contribution in [1.82, 2.24) is 9.97 Å². The summed E-state index contributed by atoms with van der Waals surface area (Å²) in [5.41, 5.74) is 1.91. The highest BCUT2D eigenvalue weighted by molar-refractivity contribution is 9.10. The smallest absolute Gasteiger partial charge is 0.168 e. The molecule has 0 unspecified atom stereocenters. The van der Waals surface area contributed by atoms with Crippen LogP contribution in [-0.2, 0) is 0 Å². The first-order valence-corrected chi connectivity index (χ1v) is 6.32. The molecule has 3 aromatic rings. The second-order valence-electron chi connectivity index (χ2n) is 4.03. The van der Waals surface area contributed by atoms with Crippen LogP contribution in [0.2, 0.25) is 0 Å². The van der Waals surface area contributed by atoms with Crippen LogP contribution in [-0.4, -0.2) is 22.5 Å². The highest BCUT2D eigenvalue weighted by Crippen LogP contribution is 2.29. The lowest BCUT2D eigenvalue weighted by Crippen LogP contribution is -1.93. The van der Waals surface area contributed by atoms with Crippen LogP contribution in [0.1, 0.15) is 21.0 Å². The topological polar surface area (TPSA) is 59.9 Å². The highest BCUT2D eigenvalue weighted by atomic mass is 79.9. The molecule has 0 fully saturated rings. The van der Waals surface area contributed by atoms with Crippen molar-refractivity contribution in [3.63, 3.8) is 0 Å². The first-order valence-electron chi connectivity index (χ1n) is 5.53. The van der Waals surface area contributed by atoms with Gasteiger partial charge in [0.15, 0.2) is 12.6 Å². The molecule has 0 radical (unpaired) electrons. The van der Waals surface area contributed by atoms with E-state index in [4.69, 9.17) is 0 Å². The van der Waals surface area contributed by atoms with Gasteiger partial charge in [0.2, 0.25) is 0 Å². The maximum absolute atomic E-state index is 10.8. The molecule has 2 heterocycles. The molecule has 5 heteroatoms. The number of carbonyl (C=O) groups is 2. The van der Waals surface area contributed by atoms with Gasteiger partial charge in [-0.2, -0.15) is 0 Å². The fourth-order valence-corrected chi connectivity index (χ4v) is 2.55. The van der Waals surface area contributed by atoms with E-state index in [0.29, 0.717) is 35.0 Å². The molecule has 2 aromatic heterocycles. The molecule has 4 nitrogen and oxygen atoms in total. The van der Waals surface area contributed by atoms with E-state index in [0.717, 1.165) is 15.2 Å². The number of hydrogen-bond donors (Lipinski definition) is 0. The van der Waals surface area contributed by atoms with Crippen molar-refractivity contribution in [3.05, 3.63) is 46.2 Å². The molecular formula is C14H7BrN2O2. The van der Waals surface area contributed by atoms with Crippen molar-refractivity contribution in [2.75, 3.05) is 0 Å². The van der Waals surface area contributed by atoms with E-state index in [9.17, 15) is 9.59 Å². The zero-order chi connectivity index (χ0) is 13.4. The molecule has 0 saturated carbocycles. The lowest BCUT2D eigenvalue weighted by Gasteiger charge is -2.06. The van der Waals surface area contributed by atoms with Gasteiger partial charge in [-0.25, -0.2) is 9.97 Å². The highest BCUT2D eigenvalue weighted by Gasteiger charge is 2.09. The maximum Gasteiger partial charge on any atom is 0.168 e. The quantitative estimate of drug-likeness (QED) is 0.538. The molecule has 0 amide bonds. The Hall–Kier alpha value is -2.14. The molecule has 92 valence electrons. The zero-order valence-electron chi connectivity index (χ0n) is 9.63. The maximum atomic E-state index is 10.8. The Bertz CT molecular complexity index is 830. The van der Waals surface area contributed by atoms with Crippen LogP contribution in [0, 0.1) is 0 Å². The monoisotopic (exact) mass is 314 g/mol. The number of aromatic nitrogens is 2. The van der Waals surface area contributed by atoms with Gasteiger partial charge in [0.1, 0.15) is 11.4 Å². The number of carbonyl (C=O) groups excluding carboxylic acids is 2. The largest absolute Gasteiger partial charge is 0.296 e. The van der Waals surface area contributed by atoms with E-state index in [-0.39, 0.29) is 0 Å².